The van der Waals surface area contributed by atoms with Crippen molar-refractivity contribution in [1.29, 1.82) is 0 Å². The van der Waals surface area contributed by atoms with Crippen LogP contribution in [0, 0.1) is 5.92 Å². The summed E-state index contributed by atoms with van der Waals surface area (Å²) in [5.74, 6) is -0.579. The first kappa shape index (κ1) is 20.7. The third-order valence-corrected chi connectivity index (χ3v) is 6.70. The number of amides is 2. The van der Waals surface area contributed by atoms with Crippen molar-refractivity contribution < 1.29 is 18.0 Å². The zero-order chi connectivity index (χ0) is 20.1. The average molecular weight is 410 g/mol. The molecule has 0 spiro atoms. The van der Waals surface area contributed by atoms with Gasteiger partial charge in [0, 0.05) is 44.6 Å². The fourth-order valence-corrected chi connectivity index (χ4v) is 4.99. The maximum absolute atomic E-state index is 12.4. The topological polar surface area (TPSA) is 113 Å². The highest BCUT2D eigenvalue weighted by atomic mass is 32.2. The number of carbonyl (C=O) groups is 2. The fraction of sp³-hybridized carbons (Fsp3) is 0.667. The van der Waals surface area contributed by atoms with Gasteiger partial charge < -0.3 is 9.80 Å². The van der Waals surface area contributed by atoms with Crippen LogP contribution in [0.25, 0.3) is 0 Å². The second kappa shape index (κ2) is 8.95. The zero-order valence-electron chi connectivity index (χ0n) is 16.1. The average Bonchev–Trinajstić information content (AvgIpc) is 2.69. The van der Waals surface area contributed by atoms with Crippen LogP contribution in [-0.4, -0.2) is 78.0 Å². The van der Waals surface area contributed by atoms with Gasteiger partial charge in [-0.3, -0.25) is 14.6 Å². The first-order valence-electron chi connectivity index (χ1n) is 9.67. The Hall–Kier alpha value is -2.07. The van der Waals surface area contributed by atoms with E-state index in [0.717, 1.165) is 25.7 Å². The molecule has 10 heteroatoms. The van der Waals surface area contributed by atoms with E-state index in [1.807, 2.05) is 0 Å². The number of nitrogens with zero attached hydrogens (tertiary/aromatic N) is 4. The van der Waals surface area contributed by atoms with Gasteiger partial charge in [0.15, 0.2) is 0 Å². The molecule has 3 rings (SSSR count). The van der Waals surface area contributed by atoms with E-state index in [1.54, 1.807) is 4.90 Å². The standard InChI is InChI=1S/C18H27N5O4S/c1-14-2-4-15(5-3-14)21-28(26,27)13-17(24)22-8-10-23(11-9-22)18(25)16-12-19-6-7-20-16/h6-7,12,14-15,21H,2-5,8-11,13H2,1H3. The highest BCUT2D eigenvalue weighted by Gasteiger charge is 2.29. The Morgan fingerprint density at radius 3 is 2.32 bits per heavy atom. The summed E-state index contributed by atoms with van der Waals surface area (Å²) >= 11 is 0. The molecule has 0 radical (unpaired) electrons. The van der Waals surface area contributed by atoms with Gasteiger partial charge in [-0.15, -0.1) is 0 Å². The Balaban J connectivity index is 1.47. The van der Waals surface area contributed by atoms with Crippen molar-refractivity contribution in [2.45, 2.75) is 38.6 Å². The Morgan fingerprint density at radius 1 is 1.07 bits per heavy atom. The lowest BCUT2D eigenvalue weighted by Gasteiger charge is -2.34. The van der Waals surface area contributed by atoms with Crippen molar-refractivity contribution in [3.05, 3.63) is 24.3 Å². The summed E-state index contributed by atoms with van der Waals surface area (Å²) in [4.78, 5) is 35.8. The molecular formula is C18H27N5O4S. The van der Waals surface area contributed by atoms with Gasteiger partial charge in [0.1, 0.15) is 11.4 Å². The van der Waals surface area contributed by atoms with E-state index in [-0.39, 0.29) is 17.6 Å². The molecule has 28 heavy (non-hydrogen) atoms. The molecule has 1 saturated carbocycles. The van der Waals surface area contributed by atoms with E-state index < -0.39 is 21.7 Å². The fourth-order valence-electron chi connectivity index (χ4n) is 3.66. The maximum atomic E-state index is 12.4. The molecule has 1 aliphatic heterocycles. The van der Waals surface area contributed by atoms with E-state index in [2.05, 4.69) is 21.6 Å². The van der Waals surface area contributed by atoms with Gasteiger partial charge in [-0.05, 0) is 31.6 Å². The number of hydrogen-bond acceptors (Lipinski definition) is 6. The Labute approximate surface area is 165 Å². The van der Waals surface area contributed by atoms with Crippen LogP contribution in [0.3, 0.4) is 0 Å². The molecule has 1 aliphatic carbocycles. The minimum Gasteiger partial charge on any atom is -0.338 e. The second-order valence-corrected chi connectivity index (χ2v) is 9.35. The van der Waals surface area contributed by atoms with Crippen LogP contribution >= 0.6 is 0 Å². The van der Waals surface area contributed by atoms with Gasteiger partial charge in [-0.25, -0.2) is 18.1 Å². The molecular weight excluding hydrogens is 382 g/mol. The predicted molar refractivity (Wildman–Crippen MR) is 103 cm³/mol. The SMILES string of the molecule is CC1CCC(NS(=O)(=O)CC(=O)N2CCN(C(=O)c3cnccn3)CC2)CC1. The van der Waals surface area contributed by atoms with E-state index in [0.29, 0.717) is 32.1 Å². The summed E-state index contributed by atoms with van der Waals surface area (Å²) in [6.07, 6.45) is 8.00. The van der Waals surface area contributed by atoms with Crippen molar-refractivity contribution in [3.63, 3.8) is 0 Å². The van der Waals surface area contributed by atoms with Crippen molar-refractivity contribution >= 4 is 21.8 Å². The Kier molecular flexibility index (Phi) is 6.61. The van der Waals surface area contributed by atoms with E-state index in [1.165, 1.54) is 23.5 Å². The number of aromatic nitrogens is 2. The van der Waals surface area contributed by atoms with Crippen LogP contribution in [0.4, 0.5) is 0 Å². The molecule has 154 valence electrons. The van der Waals surface area contributed by atoms with E-state index in [9.17, 15) is 18.0 Å². The lowest BCUT2D eigenvalue weighted by molar-refractivity contribution is -0.129. The number of nitrogens with one attached hydrogen (secondary N) is 1. The molecule has 0 aromatic carbocycles. The summed E-state index contributed by atoms with van der Waals surface area (Å²) in [5, 5.41) is 0. The van der Waals surface area contributed by atoms with Crippen molar-refractivity contribution in [2.75, 3.05) is 31.9 Å². The highest BCUT2D eigenvalue weighted by molar-refractivity contribution is 7.90. The molecule has 9 nitrogen and oxygen atoms in total. The van der Waals surface area contributed by atoms with Crippen molar-refractivity contribution in [1.82, 2.24) is 24.5 Å². The third kappa shape index (κ3) is 5.48. The lowest BCUT2D eigenvalue weighted by atomic mass is 9.88. The summed E-state index contributed by atoms with van der Waals surface area (Å²) in [6, 6.07) is -0.0737. The highest BCUT2D eigenvalue weighted by Crippen LogP contribution is 2.23. The first-order chi connectivity index (χ1) is 13.3. The van der Waals surface area contributed by atoms with Crippen LogP contribution in [0.2, 0.25) is 0 Å². The molecule has 0 atom stereocenters. The minimum absolute atomic E-state index is 0.0737. The third-order valence-electron chi connectivity index (χ3n) is 5.38. The second-order valence-electron chi connectivity index (χ2n) is 7.60. The quantitative estimate of drug-likeness (QED) is 0.746. The van der Waals surface area contributed by atoms with Crippen LogP contribution < -0.4 is 4.72 Å². The van der Waals surface area contributed by atoms with E-state index >= 15 is 0 Å². The predicted octanol–water partition coefficient (Wildman–Crippen LogP) is 0.259. The molecule has 0 bridgehead atoms. The number of hydrogen-bond donors (Lipinski definition) is 1. The van der Waals surface area contributed by atoms with Gasteiger partial charge in [0.2, 0.25) is 15.9 Å². The molecule has 0 unspecified atom stereocenters. The number of carbonyl (C=O) groups excluding carboxylic acids is 2. The smallest absolute Gasteiger partial charge is 0.274 e. The summed E-state index contributed by atoms with van der Waals surface area (Å²) in [5.41, 5.74) is 0.260. The van der Waals surface area contributed by atoms with Crippen LogP contribution in [0.5, 0.6) is 0 Å². The normalized spacial score (nSPS) is 23.5. The zero-order valence-corrected chi connectivity index (χ0v) is 16.9. The lowest BCUT2D eigenvalue weighted by Crippen LogP contribution is -2.52. The summed E-state index contributed by atoms with van der Waals surface area (Å²) in [6.45, 7) is 3.47. The maximum Gasteiger partial charge on any atom is 0.274 e. The number of sulfonamides is 1. The van der Waals surface area contributed by atoms with Gasteiger partial charge in [0.25, 0.3) is 5.91 Å². The number of piperazine rings is 1. The Bertz CT molecular complexity index is 785. The van der Waals surface area contributed by atoms with Gasteiger partial charge in [0.05, 0.1) is 6.20 Å². The summed E-state index contributed by atoms with van der Waals surface area (Å²) in [7, 11) is -3.66. The van der Waals surface area contributed by atoms with Crippen LogP contribution in [0.15, 0.2) is 18.6 Å². The largest absolute Gasteiger partial charge is 0.338 e. The van der Waals surface area contributed by atoms with Gasteiger partial charge >= 0.3 is 0 Å². The van der Waals surface area contributed by atoms with Crippen molar-refractivity contribution in [3.8, 4) is 0 Å². The molecule has 1 aromatic heterocycles. The number of rotatable bonds is 5. The van der Waals surface area contributed by atoms with Gasteiger partial charge in [-0.2, -0.15) is 0 Å². The van der Waals surface area contributed by atoms with Crippen LogP contribution in [-0.2, 0) is 14.8 Å². The van der Waals surface area contributed by atoms with Gasteiger partial charge in [-0.1, -0.05) is 6.92 Å². The Morgan fingerprint density at radius 2 is 1.71 bits per heavy atom. The minimum atomic E-state index is -3.66. The van der Waals surface area contributed by atoms with Crippen molar-refractivity contribution in [2.24, 2.45) is 5.92 Å². The first-order valence-corrected chi connectivity index (χ1v) is 11.3. The van der Waals surface area contributed by atoms with Crippen LogP contribution in [0.1, 0.15) is 43.1 Å². The molecule has 2 heterocycles. The molecule has 2 aliphatic rings. The summed E-state index contributed by atoms with van der Waals surface area (Å²) < 4.78 is 27.4. The molecule has 1 N–H and O–H groups in total. The molecule has 1 saturated heterocycles. The molecule has 1 aromatic rings. The molecule has 2 amide bonds. The monoisotopic (exact) mass is 409 g/mol. The molecule has 2 fully saturated rings. The van der Waals surface area contributed by atoms with E-state index in [4.69, 9.17) is 0 Å².